The molecule has 0 saturated carbocycles. The summed E-state index contributed by atoms with van der Waals surface area (Å²) >= 11 is 0. The molecule has 1 aliphatic heterocycles. The molecular weight excluding hydrogens is 177 g/mol. The summed E-state index contributed by atoms with van der Waals surface area (Å²) in [6.07, 6.45) is 7.09. The zero-order valence-electron chi connectivity index (χ0n) is 8.00. The Labute approximate surface area is 83.2 Å². The van der Waals surface area contributed by atoms with Gasteiger partial charge >= 0.3 is 0 Å². The van der Waals surface area contributed by atoms with Gasteiger partial charge < -0.3 is 4.90 Å². The Morgan fingerprint density at radius 1 is 1.29 bits per heavy atom. The molecule has 1 nitrogen and oxygen atoms in total. The lowest BCUT2D eigenvalue weighted by molar-refractivity contribution is 0.628. The van der Waals surface area contributed by atoms with Crippen molar-refractivity contribution < 1.29 is 4.39 Å². The second-order valence-corrected chi connectivity index (χ2v) is 3.29. The lowest BCUT2D eigenvalue weighted by Gasteiger charge is -2.21. The van der Waals surface area contributed by atoms with Gasteiger partial charge in [-0.3, -0.25) is 0 Å². The van der Waals surface area contributed by atoms with Crippen LogP contribution in [0.15, 0.2) is 42.1 Å². The topological polar surface area (TPSA) is 3.24 Å². The summed E-state index contributed by atoms with van der Waals surface area (Å²) in [5, 5.41) is 0. The first kappa shape index (κ1) is 9.00. The van der Waals surface area contributed by atoms with Gasteiger partial charge in [0, 0.05) is 24.5 Å². The molecule has 0 bridgehead atoms. The third-order valence-corrected chi connectivity index (χ3v) is 2.20. The number of anilines is 1. The quantitative estimate of drug-likeness (QED) is 0.655. The molecule has 0 amide bonds. The number of nitrogens with zero attached hydrogens (tertiary/aromatic N) is 1. The van der Waals surface area contributed by atoms with Crippen molar-refractivity contribution in [1.82, 2.24) is 0 Å². The molecule has 0 aliphatic carbocycles. The first-order valence-electron chi connectivity index (χ1n) is 4.54. The minimum atomic E-state index is -0.203. The molecule has 1 aromatic rings. The van der Waals surface area contributed by atoms with E-state index in [2.05, 4.69) is 12.2 Å². The monoisotopic (exact) mass is 188 g/mol. The van der Waals surface area contributed by atoms with Gasteiger partial charge in [-0.1, -0.05) is 6.08 Å². The van der Waals surface area contributed by atoms with Crippen molar-refractivity contribution in [2.45, 2.75) is 6.92 Å². The Morgan fingerprint density at radius 3 is 2.57 bits per heavy atom. The van der Waals surface area contributed by atoms with Crippen molar-refractivity contribution >= 4 is 5.69 Å². The largest absolute Gasteiger partial charge is 0.344 e. The van der Waals surface area contributed by atoms with Crippen LogP contribution < -0.4 is 4.90 Å². The number of hydrogen-bond acceptors (Lipinski definition) is 1. The molecule has 1 heterocycles. The zero-order chi connectivity index (χ0) is 9.97. The van der Waals surface area contributed by atoms with E-state index in [0.29, 0.717) is 0 Å². The van der Waals surface area contributed by atoms with Crippen molar-refractivity contribution in [3.05, 3.63) is 54.0 Å². The zero-order valence-corrected chi connectivity index (χ0v) is 8.00. The van der Waals surface area contributed by atoms with E-state index in [9.17, 15) is 4.39 Å². The van der Waals surface area contributed by atoms with E-state index < -0.39 is 0 Å². The van der Waals surface area contributed by atoms with Crippen LogP contribution in [0.5, 0.6) is 0 Å². The molecule has 1 radical (unpaired) electrons. The average molecular weight is 188 g/mol. The molecule has 71 valence electrons. The highest BCUT2D eigenvalue weighted by Crippen LogP contribution is 2.17. The SMILES string of the molecule is CC1=CCN(c2ccc(F)cc2)C=[C]1. The van der Waals surface area contributed by atoms with Gasteiger partial charge in [0.25, 0.3) is 0 Å². The van der Waals surface area contributed by atoms with Crippen LogP contribution in [-0.2, 0) is 0 Å². The molecule has 1 aliphatic rings. The second kappa shape index (κ2) is 3.66. The molecule has 0 atom stereocenters. The molecule has 2 rings (SSSR count). The van der Waals surface area contributed by atoms with E-state index in [-0.39, 0.29) is 5.82 Å². The van der Waals surface area contributed by atoms with Crippen LogP contribution in [0.1, 0.15) is 6.92 Å². The minimum absolute atomic E-state index is 0.203. The van der Waals surface area contributed by atoms with Gasteiger partial charge in [0.05, 0.1) is 0 Å². The van der Waals surface area contributed by atoms with Gasteiger partial charge in [-0.15, -0.1) is 0 Å². The van der Waals surface area contributed by atoms with Gasteiger partial charge in [0.15, 0.2) is 0 Å². The van der Waals surface area contributed by atoms with E-state index in [1.165, 1.54) is 12.1 Å². The van der Waals surface area contributed by atoms with Crippen LogP contribution in [0.3, 0.4) is 0 Å². The summed E-state index contributed by atoms with van der Waals surface area (Å²) in [5.41, 5.74) is 2.13. The van der Waals surface area contributed by atoms with E-state index in [0.717, 1.165) is 17.8 Å². The van der Waals surface area contributed by atoms with E-state index in [1.54, 1.807) is 12.1 Å². The lowest BCUT2D eigenvalue weighted by Crippen LogP contribution is -2.18. The number of rotatable bonds is 1. The summed E-state index contributed by atoms with van der Waals surface area (Å²) in [4.78, 5) is 2.02. The highest BCUT2D eigenvalue weighted by Gasteiger charge is 2.04. The van der Waals surface area contributed by atoms with Crippen LogP contribution in [0.4, 0.5) is 10.1 Å². The van der Waals surface area contributed by atoms with Crippen molar-refractivity contribution in [3.8, 4) is 0 Å². The highest BCUT2D eigenvalue weighted by atomic mass is 19.1. The van der Waals surface area contributed by atoms with Gasteiger partial charge in [-0.25, -0.2) is 4.39 Å². The van der Waals surface area contributed by atoms with Crippen LogP contribution >= 0.6 is 0 Å². The summed E-state index contributed by atoms with van der Waals surface area (Å²) in [5.74, 6) is -0.203. The molecule has 0 aromatic heterocycles. The molecule has 0 spiro atoms. The predicted molar refractivity (Wildman–Crippen MR) is 55.3 cm³/mol. The van der Waals surface area contributed by atoms with Crippen molar-refractivity contribution in [3.63, 3.8) is 0 Å². The van der Waals surface area contributed by atoms with E-state index >= 15 is 0 Å². The maximum atomic E-state index is 12.7. The minimum Gasteiger partial charge on any atom is -0.344 e. The smallest absolute Gasteiger partial charge is 0.123 e. The second-order valence-electron chi connectivity index (χ2n) is 3.29. The van der Waals surface area contributed by atoms with Gasteiger partial charge in [0.1, 0.15) is 5.82 Å². The number of hydrogen-bond donors (Lipinski definition) is 0. The maximum Gasteiger partial charge on any atom is 0.123 e. The van der Waals surface area contributed by atoms with Crippen LogP contribution in [0.2, 0.25) is 0 Å². The first-order valence-corrected chi connectivity index (χ1v) is 4.54. The normalized spacial score (nSPS) is 15.6. The Hall–Kier alpha value is -1.57. The van der Waals surface area contributed by atoms with Crippen LogP contribution in [0.25, 0.3) is 0 Å². The van der Waals surface area contributed by atoms with Crippen molar-refractivity contribution in [2.24, 2.45) is 0 Å². The van der Waals surface area contributed by atoms with Crippen LogP contribution in [-0.4, -0.2) is 6.54 Å². The average Bonchev–Trinajstić information content (AvgIpc) is 2.21. The van der Waals surface area contributed by atoms with Gasteiger partial charge in [-0.2, -0.15) is 0 Å². The molecule has 14 heavy (non-hydrogen) atoms. The fraction of sp³-hybridized carbons (Fsp3) is 0.167. The van der Waals surface area contributed by atoms with E-state index in [1.807, 2.05) is 18.0 Å². The Kier molecular flexibility index (Phi) is 2.35. The predicted octanol–water partition coefficient (Wildman–Crippen LogP) is 2.91. The molecule has 1 aromatic carbocycles. The number of allylic oxidation sites excluding steroid dienone is 2. The summed E-state index contributed by atoms with van der Waals surface area (Å²) in [6.45, 7) is 2.84. The molecule has 0 fully saturated rings. The van der Waals surface area contributed by atoms with Gasteiger partial charge in [-0.05, 0) is 36.8 Å². The first-order chi connectivity index (χ1) is 6.75. The standard InChI is InChI=1S/C12H11FN/c1-10-6-8-14(9-7-10)12-4-2-11(13)3-5-12/h2-6,9H,8H2,1H3. The number of benzene rings is 1. The highest BCUT2D eigenvalue weighted by molar-refractivity contribution is 5.51. The van der Waals surface area contributed by atoms with Gasteiger partial charge in [0.2, 0.25) is 0 Å². The molecule has 0 saturated heterocycles. The fourth-order valence-corrected chi connectivity index (χ4v) is 1.34. The summed E-state index contributed by atoms with van der Waals surface area (Å²) in [6, 6.07) is 6.46. The third kappa shape index (κ3) is 1.84. The maximum absolute atomic E-state index is 12.7. The van der Waals surface area contributed by atoms with E-state index in [4.69, 9.17) is 0 Å². The molecule has 0 N–H and O–H groups in total. The summed E-state index contributed by atoms with van der Waals surface area (Å²) < 4.78 is 12.7. The lowest BCUT2D eigenvalue weighted by atomic mass is 10.2. The number of halogens is 1. The van der Waals surface area contributed by atoms with Crippen molar-refractivity contribution in [1.29, 1.82) is 0 Å². The fourth-order valence-electron chi connectivity index (χ4n) is 1.34. The van der Waals surface area contributed by atoms with Crippen molar-refractivity contribution in [2.75, 3.05) is 11.4 Å². The molecule has 0 unspecified atom stereocenters. The molecular formula is C12H11FN. The third-order valence-electron chi connectivity index (χ3n) is 2.20. The van der Waals surface area contributed by atoms with Crippen LogP contribution in [0, 0.1) is 11.9 Å². The summed E-state index contributed by atoms with van der Waals surface area (Å²) in [7, 11) is 0. The Bertz CT molecular complexity index is 376. The Morgan fingerprint density at radius 2 is 2.00 bits per heavy atom. The molecule has 2 heteroatoms. The Balaban J connectivity index is 2.18.